The lowest BCUT2D eigenvalue weighted by molar-refractivity contribution is 0.0716. The SMILES string of the molecule is CN(C)CC1CCCN1C(=O)c1ccccc1C#CCN. The van der Waals surface area contributed by atoms with Crippen molar-refractivity contribution in [1.29, 1.82) is 0 Å². The molecule has 1 unspecified atom stereocenters. The minimum atomic E-state index is 0.0845. The van der Waals surface area contributed by atoms with Gasteiger partial charge in [-0.15, -0.1) is 0 Å². The third kappa shape index (κ3) is 3.84. The van der Waals surface area contributed by atoms with Crippen LogP contribution in [0, 0.1) is 11.8 Å². The van der Waals surface area contributed by atoms with E-state index in [0.29, 0.717) is 18.2 Å². The van der Waals surface area contributed by atoms with Gasteiger partial charge in [0.1, 0.15) is 0 Å². The lowest BCUT2D eigenvalue weighted by atomic mass is 10.1. The van der Waals surface area contributed by atoms with Crippen molar-refractivity contribution < 1.29 is 4.79 Å². The molecule has 2 rings (SSSR count). The average Bonchev–Trinajstić information content (AvgIpc) is 2.92. The first-order valence-electron chi connectivity index (χ1n) is 7.37. The van der Waals surface area contributed by atoms with Crippen molar-refractivity contribution in [3.63, 3.8) is 0 Å². The zero-order valence-electron chi connectivity index (χ0n) is 12.8. The van der Waals surface area contributed by atoms with Crippen LogP contribution in [0.25, 0.3) is 0 Å². The highest BCUT2D eigenvalue weighted by Crippen LogP contribution is 2.22. The molecule has 1 saturated heterocycles. The van der Waals surface area contributed by atoms with Crippen molar-refractivity contribution in [2.75, 3.05) is 33.7 Å². The summed E-state index contributed by atoms with van der Waals surface area (Å²) in [5.41, 5.74) is 6.88. The van der Waals surface area contributed by atoms with Gasteiger partial charge in [0.15, 0.2) is 0 Å². The van der Waals surface area contributed by atoms with Crippen molar-refractivity contribution in [2.24, 2.45) is 5.73 Å². The first-order chi connectivity index (χ1) is 10.1. The van der Waals surface area contributed by atoms with E-state index in [1.165, 1.54) is 0 Å². The van der Waals surface area contributed by atoms with Gasteiger partial charge in [-0.05, 0) is 39.1 Å². The Morgan fingerprint density at radius 1 is 1.43 bits per heavy atom. The quantitative estimate of drug-likeness (QED) is 0.848. The second kappa shape index (κ2) is 7.26. The minimum Gasteiger partial charge on any atom is -0.334 e. The monoisotopic (exact) mass is 285 g/mol. The zero-order chi connectivity index (χ0) is 15.2. The molecule has 1 heterocycles. The number of rotatable bonds is 3. The lowest BCUT2D eigenvalue weighted by Gasteiger charge is -2.27. The van der Waals surface area contributed by atoms with Crippen molar-refractivity contribution in [3.05, 3.63) is 35.4 Å². The number of likely N-dealkylation sites (tertiary alicyclic amines) is 1. The van der Waals surface area contributed by atoms with E-state index in [0.717, 1.165) is 31.5 Å². The van der Waals surface area contributed by atoms with Crippen LogP contribution in [0.2, 0.25) is 0 Å². The minimum absolute atomic E-state index is 0.0845. The lowest BCUT2D eigenvalue weighted by Crippen LogP contribution is -2.41. The molecule has 4 nitrogen and oxygen atoms in total. The Morgan fingerprint density at radius 2 is 2.19 bits per heavy atom. The Hall–Kier alpha value is -1.83. The maximum Gasteiger partial charge on any atom is 0.255 e. The molecular weight excluding hydrogens is 262 g/mol. The van der Waals surface area contributed by atoms with Crippen LogP contribution < -0.4 is 5.73 Å². The van der Waals surface area contributed by atoms with Gasteiger partial charge in [0, 0.05) is 24.7 Å². The van der Waals surface area contributed by atoms with Gasteiger partial charge in [-0.1, -0.05) is 24.0 Å². The topological polar surface area (TPSA) is 49.6 Å². The summed E-state index contributed by atoms with van der Waals surface area (Å²) in [6, 6.07) is 7.82. The molecule has 1 aromatic carbocycles. The zero-order valence-corrected chi connectivity index (χ0v) is 12.8. The van der Waals surface area contributed by atoms with Crippen LogP contribution in [0.5, 0.6) is 0 Å². The van der Waals surface area contributed by atoms with E-state index in [4.69, 9.17) is 5.73 Å². The molecule has 4 heteroatoms. The molecule has 21 heavy (non-hydrogen) atoms. The van der Waals surface area contributed by atoms with E-state index in [1.54, 1.807) is 0 Å². The van der Waals surface area contributed by atoms with E-state index in [2.05, 4.69) is 16.7 Å². The normalized spacial score (nSPS) is 17.7. The maximum atomic E-state index is 12.8. The molecule has 1 aromatic rings. The molecule has 1 amide bonds. The number of hydrogen-bond acceptors (Lipinski definition) is 3. The van der Waals surface area contributed by atoms with Crippen LogP contribution in [0.1, 0.15) is 28.8 Å². The highest BCUT2D eigenvalue weighted by molar-refractivity contribution is 5.97. The van der Waals surface area contributed by atoms with Gasteiger partial charge >= 0.3 is 0 Å². The fraction of sp³-hybridized carbons (Fsp3) is 0.471. The Labute approximate surface area is 126 Å². The molecule has 0 aromatic heterocycles. The molecule has 112 valence electrons. The predicted octanol–water partition coefficient (Wildman–Crippen LogP) is 1.16. The van der Waals surface area contributed by atoms with Gasteiger partial charge in [-0.2, -0.15) is 0 Å². The largest absolute Gasteiger partial charge is 0.334 e. The van der Waals surface area contributed by atoms with Crippen LogP contribution in [-0.4, -0.2) is 55.5 Å². The van der Waals surface area contributed by atoms with Crippen LogP contribution in [0.15, 0.2) is 24.3 Å². The number of nitrogens with two attached hydrogens (primary N) is 1. The summed E-state index contributed by atoms with van der Waals surface area (Å²) in [6.45, 7) is 2.04. The fourth-order valence-corrected chi connectivity index (χ4v) is 2.79. The summed E-state index contributed by atoms with van der Waals surface area (Å²) in [5.74, 6) is 5.92. The maximum absolute atomic E-state index is 12.8. The Morgan fingerprint density at radius 3 is 2.90 bits per heavy atom. The molecule has 1 atom stereocenters. The van der Waals surface area contributed by atoms with Gasteiger partial charge in [0.25, 0.3) is 5.91 Å². The smallest absolute Gasteiger partial charge is 0.255 e. The van der Waals surface area contributed by atoms with Crippen LogP contribution >= 0.6 is 0 Å². The molecule has 0 saturated carbocycles. The van der Waals surface area contributed by atoms with Gasteiger partial charge in [-0.25, -0.2) is 0 Å². The third-order valence-corrected chi connectivity index (χ3v) is 3.70. The summed E-state index contributed by atoms with van der Waals surface area (Å²) in [6.07, 6.45) is 2.14. The van der Waals surface area contributed by atoms with E-state index in [-0.39, 0.29) is 5.91 Å². The number of carbonyl (C=O) groups is 1. The molecule has 1 aliphatic heterocycles. The Balaban J connectivity index is 2.23. The Kier molecular flexibility index (Phi) is 5.38. The molecule has 1 fully saturated rings. The van der Waals surface area contributed by atoms with Crippen LogP contribution in [0.4, 0.5) is 0 Å². The molecule has 0 bridgehead atoms. The third-order valence-electron chi connectivity index (χ3n) is 3.70. The molecule has 0 spiro atoms. The number of benzene rings is 1. The van der Waals surface area contributed by atoms with Crippen molar-refractivity contribution in [3.8, 4) is 11.8 Å². The number of nitrogens with zero attached hydrogens (tertiary/aromatic N) is 2. The van der Waals surface area contributed by atoms with Crippen LogP contribution in [-0.2, 0) is 0 Å². The standard InChI is InChI=1S/C17H23N3O/c1-19(2)13-15-9-6-12-20(15)17(21)16-10-4-3-7-14(16)8-5-11-18/h3-4,7,10,15H,6,9,11-13,18H2,1-2H3. The van der Waals surface area contributed by atoms with E-state index in [9.17, 15) is 4.79 Å². The Bertz CT molecular complexity index is 557. The summed E-state index contributed by atoms with van der Waals surface area (Å²) in [5, 5.41) is 0. The number of hydrogen-bond donors (Lipinski definition) is 1. The fourth-order valence-electron chi connectivity index (χ4n) is 2.79. The first kappa shape index (κ1) is 15.6. The summed E-state index contributed by atoms with van der Waals surface area (Å²) < 4.78 is 0. The second-order valence-corrected chi connectivity index (χ2v) is 5.61. The second-order valence-electron chi connectivity index (χ2n) is 5.61. The van der Waals surface area contributed by atoms with Crippen molar-refractivity contribution in [1.82, 2.24) is 9.80 Å². The molecule has 0 aliphatic carbocycles. The van der Waals surface area contributed by atoms with Gasteiger partial charge in [0.2, 0.25) is 0 Å². The number of amides is 1. The van der Waals surface area contributed by atoms with Gasteiger partial charge in [-0.3, -0.25) is 4.79 Å². The highest BCUT2D eigenvalue weighted by atomic mass is 16.2. The molecule has 1 aliphatic rings. The van der Waals surface area contributed by atoms with Crippen molar-refractivity contribution in [2.45, 2.75) is 18.9 Å². The first-order valence-corrected chi connectivity index (χ1v) is 7.37. The van der Waals surface area contributed by atoms with E-state index < -0.39 is 0 Å². The summed E-state index contributed by atoms with van der Waals surface area (Å²) >= 11 is 0. The van der Waals surface area contributed by atoms with E-state index in [1.807, 2.05) is 43.3 Å². The predicted molar refractivity (Wildman–Crippen MR) is 85.0 cm³/mol. The average molecular weight is 285 g/mol. The molecule has 2 N–H and O–H groups in total. The van der Waals surface area contributed by atoms with Crippen molar-refractivity contribution >= 4 is 5.91 Å². The van der Waals surface area contributed by atoms with Crippen LogP contribution in [0.3, 0.4) is 0 Å². The van der Waals surface area contributed by atoms with Gasteiger partial charge in [0.05, 0.1) is 12.1 Å². The molecule has 0 radical (unpaired) electrons. The highest BCUT2D eigenvalue weighted by Gasteiger charge is 2.30. The van der Waals surface area contributed by atoms with Gasteiger partial charge < -0.3 is 15.5 Å². The molecular formula is C17H23N3O. The number of carbonyl (C=O) groups excluding carboxylic acids is 1. The summed E-state index contributed by atoms with van der Waals surface area (Å²) in [4.78, 5) is 17.0. The number of likely N-dealkylation sites (N-methyl/N-ethyl adjacent to an activating group) is 1. The van der Waals surface area contributed by atoms with E-state index >= 15 is 0 Å². The summed E-state index contributed by atoms with van der Waals surface area (Å²) in [7, 11) is 4.09.